The van der Waals surface area contributed by atoms with Gasteiger partial charge in [-0.3, -0.25) is 14.5 Å². The van der Waals surface area contributed by atoms with Gasteiger partial charge >= 0.3 is 0 Å². The van der Waals surface area contributed by atoms with Gasteiger partial charge in [0, 0.05) is 21.0 Å². The maximum absolute atomic E-state index is 13.1. The van der Waals surface area contributed by atoms with Crippen LogP contribution in [0.25, 0.3) is 0 Å². The number of phenolic OH excluding ortho intramolecular Hbond substituents is 1. The summed E-state index contributed by atoms with van der Waals surface area (Å²) in [5.41, 5.74) is 5.17. The molecule has 2 N–H and O–H groups in total. The predicted molar refractivity (Wildman–Crippen MR) is 161 cm³/mol. The number of carbonyl (C=O) groups is 2. The third kappa shape index (κ3) is 4.40. The second-order valence-corrected chi connectivity index (χ2v) is 11.0. The maximum Gasteiger partial charge on any atom is 0.261 e. The van der Waals surface area contributed by atoms with E-state index in [0.29, 0.717) is 16.7 Å². The first-order chi connectivity index (χ1) is 20.1. The zero-order valence-electron chi connectivity index (χ0n) is 21.9. The van der Waals surface area contributed by atoms with E-state index in [9.17, 15) is 14.7 Å². The molecule has 5 aromatic rings. The predicted octanol–water partition coefficient (Wildman–Crippen LogP) is 7.60. The summed E-state index contributed by atoms with van der Waals surface area (Å²) in [6, 6.07) is 38.9. The third-order valence-electron chi connectivity index (χ3n) is 7.42. The van der Waals surface area contributed by atoms with E-state index in [1.165, 1.54) is 4.90 Å². The first-order valence-corrected chi connectivity index (χ1v) is 14.1. The number of nitrogens with zero attached hydrogens (tertiary/aromatic N) is 2. The highest BCUT2D eigenvalue weighted by Crippen LogP contribution is 2.53. The summed E-state index contributed by atoms with van der Waals surface area (Å²) >= 11 is 1.58. The van der Waals surface area contributed by atoms with Crippen LogP contribution in [0.5, 0.6) is 5.75 Å². The van der Waals surface area contributed by atoms with Gasteiger partial charge in [0.2, 0.25) is 0 Å². The minimum Gasteiger partial charge on any atom is -0.508 e. The Balaban J connectivity index is 1.34. The Morgan fingerprint density at radius 2 is 1.29 bits per heavy atom. The third-order valence-corrected chi connectivity index (χ3v) is 8.53. The van der Waals surface area contributed by atoms with E-state index in [1.54, 1.807) is 42.1 Å². The minimum atomic E-state index is -0.354. The number of carbonyl (C=O) groups excluding carboxylic acids is 2. The Bertz CT molecular complexity index is 1760. The van der Waals surface area contributed by atoms with Crippen LogP contribution in [-0.4, -0.2) is 21.8 Å². The smallest absolute Gasteiger partial charge is 0.261 e. The topological polar surface area (TPSA) is 72.9 Å². The second kappa shape index (κ2) is 10.2. The van der Waals surface area contributed by atoms with Gasteiger partial charge in [0.25, 0.3) is 11.8 Å². The van der Waals surface area contributed by atoms with Crippen molar-refractivity contribution in [3.05, 3.63) is 144 Å². The number of benzene rings is 5. The number of para-hydroxylation sites is 2. The molecule has 0 saturated heterocycles. The van der Waals surface area contributed by atoms with E-state index in [0.717, 1.165) is 32.4 Å². The highest BCUT2D eigenvalue weighted by molar-refractivity contribution is 7.99. The number of fused-ring (bicyclic) bond motifs is 3. The van der Waals surface area contributed by atoms with Crippen molar-refractivity contribution in [2.75, 3.05) is 10.2 Å². The van der Waals surface area contributed by atoms with Gasteiger partial charge in [-0.25, -0.2) is 0 Å². The van der Waals surface area contributed by atoms with E-state index in [-0.39, 0.29) is 30.3 Å². The van der Waals surface area contributed by atoms with Crippen LogP contribution < -0.4 is 10.2 Å². The summed E-state index contributed by atoms with van der Waals surface area (Å²) in [6.07, 6.45) is -0.295. The molecular weight excluding hydrogens is 530 g/mol. The van der Waals surface area contributed by atoms with E-state index in [4.69, 9.17) is 0 Å². The largest absolute Gasteiger partial charge is 0.508 e. The summed E-state index contributed by atoms with van der Waals surface area (Å²) in [5, 5.41) is 14.9. The Hall–Kier alpha value is -5.01. The van der Waals surface area contributed by atoms with Gasteiger partial charge < -0.3 is 15.3 Å². The lowest BCUT2D eigenvalue weighted by Gasteiger charge is -2.40. The lowest BCUT2D eigenvalue weighted by Crippen LogP contribution is -2.32. The normalized spacial score (nSPS) is 14.3. The zero-order valence-corrected chi connectivity index (χ0v) is 22.7. The SMILES string of the molecule is O=C1c2ccccc2C(=O)N1Cc1cc2c(cc1O)Sc1ccccc1N2C(Nc1ccccc1)c1ccccc1. The van der Waals surface area contributed by atoms with E-state index < -0.39 is 0 Å². The molecule has 2 amide bonds. The summed E-state index contributed by atoms with van der Waals surface area (Å²) in [7, 11) is 0. The molecular formula is C34H25N3O3S. The first kappa shape index (κ1) is 25.0. The molecule has 0 fully saturated rings. The number of anilines is 3. The molecule has 0 aliphatic carbocycles. The zero-order chi connectivity index (χ0) is 27.9. The van der Waals surface area contributed by atoms with Crippen LogP contribution in [0.15, 0.2) is 131 Å². The van der Waals surface area contributed by atoms with Crippen molar-refractivity contribution in [2.24, 2.45) is 0 Å². The number of imide groups is 1. The molecule has 0 radical (unpaired) electrons. The van der Waals surface area contributed by atoms with Crippen molar-refractivity contribution < 1.29 is 14.7 Å². The Labute approximate surface area is 241 Å². The number of amides is 2. The molecule has 1 unspecified atom stereocenters. The molecule has 7 heteroatoms. The molecule has 0 saturated carbocycles. The van der Waals surface area contributed by atoms with Crippen LogP contribution in [0, 0.1) is 0 Å². The molecule has 1 atom stereocenters. The number of hydrogen-bond donors (Lipinski definition) is 2. The lowest BCUT2D eigenvalue weighted by molar-refractivity contribution is 0.0641. The number of hydrogen-bond acceptors (Lipinski definition) is 6. The van der Waals surface area contributed by atoms with Crippen molar-refractivity contribution in [3.63, 3.8) is 0 Å². The standard InChI is InChI=1S/C34H25N3O3S/c38-29-20-31-28(19-23(29)21-36-33(39)25-15-7-8-16-26(25)34(36)40)37(27-17-9-10-18-30(27)41-31)32(22-11-3-1-4-12-22)35-24-13-5-2-6-14-24/h1-20,32,35,38H,21H2. The maximum atomic E-state index is 13.1. The summed E-state index contributed by atoms with van der Waals surface area (Å²) in [4.78, 5) is 31.6. The van der Waals surface area contributed by atoms with Crippen LogP contribution >= 0.6 is 11.8 Å². The van der Waals surface area contributed by atoms with E-state index in [2.05, 4.69) is 34.5 Å². The molecule has 2 heterocycles. The molecule has 0 aromatic heterocycles. The van der Waals surface area contributed by atoms with Crippen LogP contribution in [0.1, 0.15) is 38.0 Å². The van der Waals surface area contributed by atoms with Gasteiger partial charge in [-0.1, -0.05) is 84.6 Å². The van der Waals surface area contributed by atoms with Gasteiger partial charge in [0.1, 0.15) is 11.9 Å². The molecule has 0 bridgehead atoms. The molecule has 7 rings (SSSR count). The number of nitrogens with one attached hydrogen (secondary N) is 1. The van der Waals surface area contributed by atoms with Crippen LogP contribution in [0.2, 0.25) is 0 Å². The number of aromatic hydroxyl groups is 1. The lowest BCUT2D eigenvalue weighted by atomic mass is 10.1. The summed E-state index contributed by atoms with van der Waals surface area (Å²) < 4.78 is 0. The highest BCUT2D eigenvalue weighted by atomic mass is 32.2. The van der Waals surface area contributed by atoms with E-state index in [1.807, 2.05) is 66.7 Å². The highest BCUT2D eigenvalue weighted by Gasteiger charge is 2.37. The number of rotatable bonds is 6. The average molecular weight is 556 g/mol. The van der Waals surface area contributed by atoms with Crippen molar-refractivity contribution in [3.8, 4) is 5.75 Å². The van der Waals surface area contributed by atoms with Gasteiger partial charge in [-0.15, -0.1) is 0 Å². The summed E-state index contributed by atoms with van der Waals surface area (Å²) in [6.45, 7) is -0.0340. The van der Waals surface area contributed by atoms with Gasteiger partial charge in [-0.2, -0.15) is 0 Å². The molecule has 0 spiro atoms. The second-order valence-electron chi connectivity index (χ2n) is 9.95. The molecule has 6 nitrogen and oxygen atoms in total. The van der Waals surface area contributed by atoms with Gasteiger partial charge in [-0.05, 0) is 54.1 Å². The van der Waals surface area contributed by atoms with Crippen LogP contribution in [-0.2, 0) is 6.54 Å². The Kier molecular flexibility index (Phi) is 6.21. The van der Waals surface area contributed by atoms with Crippen molar-refractivity contribution >= 4 is 40.6 Å². The molecule has 41 heavy (non-hydrogen) atoms. The fraction of sp³-hybridized carbons (Fsp3) is 0.0588. The van der Waals surface area contributed by atoms with Crippen molar-refractivity contribution in [1.29, 1.82) is 0 Å². The van der Waals surface area contributed by atoms with Gasteiger partial charge in [0.05, 0.1) is 29.0 Å². The quantitative estimate of drug-likeness (QED) is 0.210. The Morgan fingerprint density at radius 1 is 0.683 bits per heavy atom. The number of phenols is 1. The van der Waals surface area contributed by atoms with Crippen LogP contribution in [0.4, 0.5) is 17.1 Å². The van der Waals surface area contributed by atoms with E-state index >= 15 is 0 Å². The first-order valence-electron chi connectivity index (χ1n) is 13.3. The summed E-state index contributed by atoms with van der Waals surface area (Å²) in [5.74, 6) is -0.668. The monoisotopic (exact) mass is 555 g/mol. The van der Waals surface area contributed by atoms with Gasteiger partial charge in [0.15, 0.2) is 0 Å². The average Bonchev–Trinajstić information content (AvgIpc) is 3.25. The van der Waals surface area contributed by atoms with Crippen molar-refractivity contribution in [1.82, 2.24) is 4.90 Å². The molecule has 5 aromatic carbocycles. The molecule has 2 aliphatic heterocycles. The van der Waals surface area contributed by atoms with Crippen LogP contribution in [0.3, 0.4) is 0 Å². The minimum absolute atomic E-state index is 0.0340. The Morgan fingerprint density at radius 3 is 2.00 bits per heavy atom. The fourth-order valence-corrected chi connectivity index (χ4v) is 6.53. The van der Waals surface area contributed by atoms with Crippen molar-refractivity contribution in [2.45, 2.75) is 22.5 Å². The molecule has 2 aliphatic rings. The molecule has 200 valence electrons. The fourth-order valence-electron chi connectivity index (χ4n) is 5.44.